The molecule has 2 aromatic rings. The molecule has 0 aliphatic carbocycles. The second-order valence-electron chi connectivity index (χ2n) is 9.18. The molecule has 1 unspecified atom stereocenters. The third kappa shape index (κ3) is 4.73. The van der Waals surface area contributed by atoms with Gasteiger partial charge in [0.1, 0.15) is 6.04 Å². The molecular formula is C24H29BN4O4S. The number of nitrogens with one attached hydrogen (secondary N) is 1. The summed E-state index contributed by atoms with van der Waals surface area (Å²) in [6, 6.07) is 8.32. The Morgan fingerprint density at radius 1 is 1.18 bits per heavy atom. The van der Waals surface area contributed by atoms with Gasteiger partial charge in [0, 0.05) is 44.9 Å². The number of likely N-dealkylation sites (tertiary alicyclic amines) is 1. The highest BCUT2D eigenvalue weighted by Gasteiger charge is 2.36. The van der Waals surface area contributed by atoms with Crippen LogP contribution >= 0.6 is 11.3 Å². The maximum Gasteiger partial charge on any atom is 0.261 e. The van der Waals surface area contributed by atoms with Crippen LogP contribution in [0.2, 0.25) is 0 Å². The van der Waals surface area contributed by atoms with Gasteiger partial charge in [-0.25, -0.2) is 0 Å². The van der Waals surface area contributed by atoms with E-state index in [1.165, 1.54) is 16.2 Å². The summed E-state index contributed by atoms with van der Waals surface area (Å²) in [7, 11) is 5.35. The van der Waals surface area contributed by atoms with Gasteiger partial charge in [0.15, 0.2) is 7.85 Å². The highest BCUT2D eigenvalue weighted by Crippen LogP contribution is 2.27. The SMILES string of the molecule is Bc1ccc(C(=O)NC2CC(=O)N(c3ccc(C(=O)N4CCC[C@H]4C(=O)N(C)C)c(C)c3)C2)s1. The van der Waals surface area contributed by atoms with Gasteiger partial charge in [-0.15, -0.1) is 11.3 Å². The summed E-state index contributed by atoms with van der Waals surface area (Å²) in [4.78, 5) is 56.4. The van der Waals surface area contributed by atoms with Crippen molar-refractivity contribution in [1.29, 1.82) is 0 Å². The molecule has 4 rings (SSSR count). The lowest BCUT2D eigenvalue weighted by Gasteiger charge is -2.27. The molecule has 8 nitrogen and oxygen atoms in total. The van der Waals surface area contributed by atoms with E-state index < -0.39 is 6.04 Å². The zero-order chi connectivity index (χ0) is 24.6. The number of amides is 4. The average Bonchev–Trinajstić information content (AvgIpc) is 3.52. The topological polar surface area (TPSA) is 90.0 Å². The Balaban J connectivity index is 1.45. The van der Waals surface area contributed by atoms with Gasteiger partial charge < -0.3 is 20.0 Å². The van der Waals surface area contributed by atoms with Crippen molar-refractivity contribution in [3.63, 3.8) is 0 Å². The van der Waals surface area contributed by atoms with Crippen molar-refractivity contribution < 1.29 is 19.2 Å². The van der Waals surface area contributed by atoms with Crippen LogP contribution in [0.5, 0.6) is 0 Å². The van der Waals surface area contributed by atoms with Crippen LogP contribution in [0.4, 0.5) is 5.69 Å². The molecule has 0 spiro atoms. The van der Waals surface area contributed by atoms with Gasteiger partial charge in [-0.05, 0) is 54.4 Å². The van der Waals surface area contributed by atoms with E-state index in [-0.39, 0.29) is 36.1 Å². The van der Waals surface area contributed by atoms with Crippen molar-refractivity contribution in [2.75, 3.05) is 32.1 Å². The number of benzene rings is 1. The molecule has 2 aliphatic heterocycles. The van der Waals surface area contributed by atoms with Crippen LogP contribution in [-0.4, -0.2) is 80.5 Å². The predicted octanol–water partition coefficient (Wildman–Crippen LogP) is 0.543. The second-order valence-corrected chi connectivity index (χ2v) is 10.5. The van der Waals surface area contributed by atoms with Crippen molar-refractivity contribution >= 4 is 53.3 Å². The standard InChI is InChI=1S/C24H29BN4O4S/c1-14-11-16(6-7-17(14)23(32)28-10-4-5-18(28)24(33)27(2)3)29-13-15(12-21(29)30)26-22(31)19-8-9-20(25)34-19/h6-9,11,15,18H,4-5,10,12-13,25H2,1-3H3,(H,26,31)/t15?,18-/m0/s1. The van der Waals surface area contributed by atoms with E-state index in [2.05, 4.69) is 5.32 Å². The molecule has 0 radical (unpaired) electrons. The van der Waals surface area contributed by atoms with Gasteiger partial charge in [-0.1, -0.05) is 6.07 Å². The average molecular weight is 480 g/mol. The van der Waals surface area contributed by atoms with E-state index in [4.69, 9.17) is 0 Å². The van der Waals surface area contributed by atoms with Gasteiger partial charge in [-0.3, -0.25) is 19.2 Å². The molecular weight excluding hydrogens is 451 g/mol. The van der Waals surface area contributed by atoms with Crippen molar-refractivity contribution in [2.24, 2.45) is 0 Å². The quantitative estimate of drug-likeness (QED) is 0.633. The van der Waals surface area contributed by atoms with Crippen LogP contribution in [0, 0.1) is 6.92 Å². The van der Waals surface area contributed by atoms with E-state index in [0.29, 0.717) is 35.6 Å². The van der Waals surface area contributed by atoms with Crippen LogP contribution < -0.4 is 15.0 Å². The highest BCUT2D eigenvalue weighted by atomic mass is 32.1. The fourth-order valence-corrected chi connectivity index (χ4v) is 5.41. The number of likely N-dealkylation sites (N-methyl/N-ethyl adjacent to an activating group) is 1. The minimum atomic E-state index is -0.432. The zero-order valence-electron chi connectivity index (χ0n) is 20.0. The molecule has 2 fully saturated rings. The summed E-state index contributed by atoms with van der Waals surface area (Å²) >= 11 is 1.43. The van der Waals surface area contributed by atoms with E-state index in [9.17, 15) is 19.2 Å². The molecule has 4 amide bonds. The third-order valence-corrected chi connectivity index (χ3v) is 7.42. The fraction of sp³-hybridized carbons (Fsp3) is 0.417. The summed E-state index contributed by atoms with van der Waals surface area (Å²) in [5.74, 6) is -0.455. The summed E-state index contributed by atoms with van der Waals surface area (Å²) in [5.41, 5.74) is 1.98. The number of hydrogen-bond donors (Lipinski definition) is 1. The molecule has 178 valence electrons. The summed E-state index contributed by atoms with van der Waals surface area (Å²) in [5, 5.41) is 2.96. The molecule has 2 atom stereocenters. The van der Waals surface area contributed by atoms with Crippen LogP contribution in [0.1, 0.15) is 44.9 Å². The lowest BCUT2D eigenvalue weighted by Crippen LogP contribution is -2.45. The lowest BCUT2D eigenvalue weighted by molar-refractivity contribution is -0.132. The molecule has 2 aliphatic rings. The molecule has 1 aromatic carbocycles. The first-order chi connectivity index (χ1) is 16.2. The normalized spacial score (nSPS) is 20.0. The number of hydrogen-bond acceptors (Lipinski definition) is 5. The zero-order valence-corrected chi connectivity index (χ0v) is 20.8. The maximum absolute atomic E-state index is 13.2. The second kappa shape index (κ2) is 9.62. The van der Waals surface area contributed by atoms with Crippen molar-refractivity contribution in [3.05, 3.63) is 46.3 Å². The molecule has 0 saturated carbocycles. The number of carbonyl (C=O) groups is 4. The smallest absolute Gasteiger partial charge is 0.261 e. The Labute approximate surface area is 204 Å². The Kier molecular flexibility index (Phi) is 6.79. The fourth-order valence-electron chi connectivity index (χ4n) is 4.64. The number of carbonyl (C=O) groups excluding carboxylic acids is 4. The van der Waals surface area contributed by atoms with Crippen molar-refractivity contribution in [3.8, 4) is 0 Å². The summed E-state index contributed by atoms with van der Waals surface area (Å²) < 4.78 is 1.06. The van der Waals surface area contributed by atoms with Crippen molar-refractivity contribution in [1.82, 2.24) is 15.1 Å². The van der Waals surface area contributed by atoms with Gasteiger partial charge in [-0.2, -0.15) is 0 Å². The Morgan fingerprint density at radius 3 is 2.59 bits per heavy atom. The first-order valence-corrected chi connectivity index (χ1v) is 12.3. The highest BCUT2D eigenvalue weighted by molar-refractivity contribution is 7.21. The van der Waals surface area contributed by atoms with Gasteiger partial charge >= 0.3 is 0 Å². The van der Waals surface area contributed by atoms with E-state index in [1.807, 2.05) is 26.9 Å². The molecule has 3 heterocycles. The van der Waals surface area contributed by atoms with Crippen LogP contribution in [0.25, 0.3) is 0 Å². The minimum Gasteiger partial charge on any atom is -0.347 e. The number of aryl methyl sites for hydroxylation is 1. The first-order valence-electron chi connectivity index (χ1n) is 11.5. The maximum atomic E-state index is 13.2. The van der Waals surface area contributed by atoms with E-state index in [1.54, 1.807) is 42.1 Å². The molecule has 1 aromatic heterocycles. The van der Waals surface area contributed by atoms with Crippen LogP contribution in [0.3, 0.4) is 0 Å². The van der Waals surface area contributed by atoms with Crippen LogP contribution in [0.15, 0.2) is 30.3 Å². The van der Waals surface area contributed by atoms with E-state index in [0.717, 1.165) is 16.8 Å². The third-order valence-electron chi connectivity index (χ3n) is 6.42. The van der Waals surface area contributed by atoms with E-state index >= 15 is 0 Å². The molecule has 2 saturated heterocycles. The predicted molar refractivity (Wildman–Crippen MR) is 135 cm³/mol. The Hall–Kier alpha value is -3.14. The number of thiophene rings is 1. The van der Waals surface area contributed by atoms with Gasteiger partial charge in [0.2, 0.25) is 11.8 Å². The number of anilines is 1. The minimum absolute atomic E-state index is 0.0615. The number of nitrogens with zero attached hydrogens (tertiary/aromatic N) is 3. The Morgan fingerprint density at radius 2 is 1.94 bits per heavy atom. The van der Waals surface area contributed by atoms with Crippen LogP contribution in [-0.2, 0) is 9.59 Å². The lowest BCUT2D eigenvalue weighted by atomic mass is 10.1. The molecule has 34 heavy (non-hydrogen) atoms. The van der Waals surface area contributed by atoms with Gasteiger partial charge in [0.05, 0.1) is 10.9 Å². The molecule has 10 heteroatoms. The molecule has 0 bridgehead atoms. The summed E-state index contributed by atoms with van der Waals surface area (Å²) in [6.45, 7) is 2.78. The monoisotopic (exact) mass is 480 g/mol. The Bertz CT molecular complexity index is 1150. The summed E-state index contributed by atoms with van der Waals surface area (Å²) in [6.07, 6.45) is 1.70. The first kappa shape index (κ1) is 24.0. The number of rotatable bonds is 5. The largest absolute Gasteiger partial charge is 0.347 e. The molecule has 1 N–H and O–H groups in total. The van der Waals surface area contributed by atoms with Crippen molar-refractivity contribution in [2.45, 2.75) is 38.3 Å². The van der Waals surface area contributed by atoms with Gasteiger partial charge in [0.25, 0.3) is 11.8 Å².